The normalized spacial score (nSPS) is 15.2. The molecule has 1 aliphatic heterocycles. The minimum atomic E-state index is -0.310. The molecule has 5 heteroatoms. The van der Waals surface area contributed by atoms with Crippen LogP contribution in [0.2, 0.25) is 0 Å². The van der Waals surface area contributed by atoms with Crippen LogP contribution in [-0.4, -0.2) is 23.3 Å². The molecule has 0 bridgehead atoms. The minimum absolute atomic E-state index is 0.0311. The summed E-state index contributed by atoms with van der Waals surface area (Å²) in [6.07, 6.45) is 0.235. The van der Waals surface area contributed by atoms with Gasteiger partial charge in [-0.25, -0.2) is 4.39 Å². The fourth-order valence-electron chi connectivity index (χ4n) is 2.90. The Labute approximate surface area is 140 Å². The van der Waals surface area contributed by atoms with Crippen LogP contribution in [0.5, 0.6) is 0 Å². The van der Waals surface area contributed by atoms with Crippen LogP contribution in [0.4, 0.5) is 10.1 Å². The average molecular weight is 326 g/mol. The number of hydrogen-bond acceptors (Lipinski definition) is 2. The molecule has 0 saturated carbocycles. The SMILES string of the molecule is C[C@H](CC(=O)N1CC(=O)Nc2ccccc2C1)c1cccc(F)c1. The van der Waals surface area contributed by atoms with Gasteiger partial charge in [0.25, 0.3) is 0 Å². The lowest BCUT2D eigenvalue weighted by Gasteiger charge is -2.22. The van der Waals surface area contributed by atoms with E-state index in [4.69, 9.17) is 0 Å². The highest BCUT2D eigenvalue weighted by atomic mass is 19.1. The standard InChI is InChI=1S/C19H19FN2O2/c1-13(14-6-4-7-16(20)10-14)9-19(24)22-11-15-5-2-3-8-17(15)21-18(23)12-22/h2-8,10,13H,9,11-12H2,1H3,(H,21,23)/t13-/m1/s1. The number of benzene rings is 2. The van der Waals surface area contributed by atoms with Crippen LogP contribution in [0.25, 0.3) is 0 Å². The fourth-order valence-corrected chi connectivity index (χ4v) is 2.90. The number of halogens is 1. The summed E-state index contributed by atoms with van der Waals surface area (Å²) in [4.78, 5) is 26.2. The van der Waals surface area contributed by atoms with E-state index >= 15 is 0 Å². The highest BCUT2D eigenvalue weighted by Crippen LogP contribution is 2.24. The van der Waals surface area contributed by atoms with Crippen molar-refractivity contribution in [2.24, 2.45) is 0 Å². The first-order valence-corrected chi connectivity index (χ1v) is 7.94. The van der Waals surface area contributed by atoms with Crippen LogP contribution >= 0.6 is 0 Å². The molecule has 4 nitrogen and oxygen atoms in total. The van der Waals surface area contributed by atoms with Gasteiger partial charge in [-0.15, -0.1) is 0 Å². The molecule has 24 heavy (non-hydrogen) atoms. The van der Waals surface area contributed by atoms with Crippen molar-refractivity contribution in [2.45, 2.75) is 25.8 Å². The summed E-state index contributed by atoms with van der Waals surface area (Å²) in [6, 6.07) is 13.7. The van der Waals surface area contributed by atoms with Crippen molar-refractivity contribution in [3.05, 3.63) is 65.5 Å². The summed E-state index contributed by atoms with van der Waals surface area (Å²) in [6.45, 7) is 2.31. The quantitative estimate of drug-likeness (QED) is 0.941. The molecule has 1 N–H and O–H groups in total. The average Bonchev–Trinajstić information content (AvgIpc) is 2.72. The van der Waals surface area contributed by atoms with Crippen LogP contribution < -0.4 is 5.32 Å². The van der Waals surface area contributed by atoms with Crippen molar-refractivity contribution in [2.75, 3.05) is 11.9 Å². The van der Waals surface area contributed by atoms with Gasteiger partial charge in [0.1, 0.15) is 12.4 Å². The number of anilines is 1. The lowest BCUT2D eigenvalue weighted by atomic mass is 9.97. The Hall–Kier alpha value is -2.69. The molecule has 0 aromatic heterocycles. The van der Waals surface area contributed by atoms with E-state index in [1.54, 1.807) is 11.0 Å². The lowest BCUT2D eigenvalue weighted by Crippen LogP contribution is -2.35. The number of fused-ring (bicyclic) bond motifs is 1. The predicted molar refractivity (Wildman–Crippen MR) is 89.9 cm³/mol. The van der Waals surface area contributed by atoms with Crippen LogP contribution in [0.3, 0.4) is 0 Å². The Morgan fingerprint density at radius 3 is 2.79 bits per heavy atom. The van der Waals surface area contributed by atoms with Gasteiger partial charge in [0.05, 0.1) is 0 Å². The molecule has 1 atom stereocenters. The van der Waals surface area contributed by atoms with E-state index in [1.807, 2.05) is 37.3 Å². The zero-order chi connectivity index (χ0) is 17.1. The number of para-hydroxylation sites is 1. The van der Waals surface area contributed by atoms with E-state index < -0.39 is 0 Å². The van der Waals surface area contributed by atoms with Crippen molar-refractivity contribution in [1.82, 2.24) is 4.90 Å². The monoisotopic (exact) mass is 326 g/mol. The maximum absolute atomic E-state index is 13.3. The van der Waals surface area contributed by atoms with Crippen LogP contribution in [0.15, 0.2) is 48.5 Å². The first-order chi connectivity index (χ1) is 11.5. The Kier molecular flexibility index (Phi) is 4.60. The third-order valence-electron chi connectivity index (χ3n) is 4.24. The zero-order valence-electron chi connectivity index (χ0n) is 13.5. The van der Waals surface area contributed by atoms with Crippen LogP contribution in [-0.2, 0) is 16.1 Å². The van der Waals surface area contributed by atoms with Gasteiger partial charge >= 0.3 is 0 Å². The molecule has 124 valence electrons. The molecule has 0 unspecified atom stereocenters. The molecule has 2 aromatic carbocycles. The first kappa shape index (κ1) is 16.2. The molecule has 1 aliphatic rings. The molecule has 3 rings (SSSR count). The van der Waals surface area contributed by atoms with Gasteiger partial charge in [-0.3, -0.25) is 9.59 Å². The van der Waals surface area contributed by atoms with Gasteiger partial charge < -0.3 is 10.2 Å². The van der Waals surface area contributed by atoms with Gasteiger partial charge in [-0.2, -0.15) is 0 Å². The second-order valence-electron chi connectivity index (χ2n) is 6.12. The number of nitrogens with zero attached hydrogens (tertiary/aromatic N) is 1. The Balaban J connectivity index is 1.74. The number of carbonyl (C=O) groups is 2. The van der Waals surface area contributed by atoms with E-state index in [9.17, 15) is 14.0 Å². The van der Waals surface area contributed by atoms with Crippen LogP contribution in [0, 0.1) is 5.82 Å². The lowest BCUT2D eigenvalue weighted by molar-refractivity contribution is -0.135. The van der Waals surface area contributed by atoms with Crippen molar-refractivity contribution >= 4 is 17.5 Å². The van der Waals surface area contributed by atoms with Gasteiger partial charge in [0, 0.05) is 18.7 Å². The largest absolute Gasteiger partial charge is 0.329 e. The maximum atomic E-state index is 13.3. The first-order valence-electron chi connectivity index (χ1n) is 7.94. The van der Waals surface area contributed by atoms with E-state index in [-0.39, 0.29) is 36.5 Å². The minimum Gasteiger partial charge on any atom is -0.329 e. The Morgan fingerprint density at radius 1 is 1.21 bits per heavy atom. The number of rotatable bonds is 3. The molecule has 2 aromatic rings. The molecule has 1 heterocycles. The maximum Gasteiger partial charge on any atom is 0.244 e. The van der Waals surface area contributed by atoms with E-state index in [0.29, 0.717) is 6.54 Å². The number of nitrogens with one attached hydrogen (secondary N) is 1. The highest BCUT2D eigenvalue weighted by molar-refractivity contribution is 5.96. The number of hydrogen-bond donors (Lipinski definition) is 1. The third kappa shape index (κ3) is 3.62. The molecule has 0 saturated heterocycles. The van der Waals surface area contributed by atoms with Crippen molar-refractivity contribution < 1.29 is 14.0 Å². The second-order valence-corrected chi connectivity index (χ2v) is 6.12. The summed E-state index contributed by atoms with van der Waals surface area (Å²) in [7, 11) is 0. The highest BCUT2D eigenvalue weighted by Gasteiger charge is 2.24. The molecule has 2 amide bonds. The molecular formula is C19H19FN2O2. The molecule has 0 spiro atoms. The second kappa shape index (κ2) is 6.83. The smallest absolute Gasteiger partial charge is 0.244 e. The van der Waals surface area contributed by atoms with E-state index in [2.05, 4.69) is 5.32 Å². The van der Waals surface area contributed by atoms with Crippen molar-refractivity contribution in [1.29, 1.82) is 0 Å². The summed E-state index contributed by atoms with van der Waals surface area (Å²) in [5.74, 6) is -0.741. The van der Waals surface area contributed by atoms with Gasteiger partial charge in [-0.05, 0) is 35.2 Å². The summed E-state index contributed by atoms with van der Waals surface area (Å²) in [5.41, 5.74) is 2.44. The topological polar surface area (TPSA) is 49.4 Å². The summed E-state index contributed by atoms with van der Waals surface area (Å²) < 4.78 is 13.3. The van der Waals surface area contributed by atoms with Gasteiger partial charge in [0.2, 0.25) is 11.8 Å². The van der Waals surface area contributed by atoms with Crippen LogP contribution in [0.1, 0.15) is 30.4 Å². The van der Waals surface area contributed by atoms with Gasteiger partial charge in [0.15, 0.2) is 0 Å². The Morgan fingerprint density at radius 2 is 2.00 bits per heavy atom. The summed E-state index contributed by atoms with van der Waals surface area (Å²) in [5, 5.41) is 2.82. The van der Waals surface area contributed by atoms with E-state index in [1.165, 1.54) is 12.1 Å². The zero-order valence-corrected chi connectivity index (χ0v) is 13.5. The van der Waals surface area contributed by atoms with E-state index in [0.717, 1.165) is 16.8 Å². The fraction of sp³-hybridized carbons (Fsp3) is 0.263. The molecule has 0 radical (unpaired) electrons. The number of carbonyl (C=O) groups excluding carboxylic acids is 2. The van der Waals surface area contributed by atoms with Crippen molar-refractivity contribution in [3.8, 4) is 0 Å². The number of amides is 2. The molecular weight excluding hydrogens is 307 g/mol. The Bertz CT molecular complexity index is 775. The third-order valence-corrected chi connectivity index (χ3v) is 4.24. The van der Waals surface area contributed by atoms with Crippen molar-refractivity contribution in [3.63, 3.8) is 0 Å². The summed E-state index contributed by atoms with van der Waals surface area (Å²) >= 11 is 0. The predicted octanol–water partition coefficient (Wildman–Crippen LogP) is 3.30. The molecule has 0 fully saturated rings. The van der Waals surface area contributed by atoms with Gasteiger partial charge in [-0.1, -0.05) is 37.3 Å². The molecule has 0 aliphatic carbocycles.